The topological polar surface area (TPSA) is 22.0 Å². The van der Waals surface area contributed by atoms with Crippen LogP contribution in [0, 0.1) is 13.8 Å². The molecule has 0 amide bonds. The van der Waals surface area contributed by atoms with E-state index in [4.69, 9.17) is 0 Å². The molecule has 0 bridgehead atoms. The van der Waals surface area contributed by atoms with Gasteiger partial charge in [0.2, 0.25) is 0 Å². The summed E-state index contributed by atoms with van der Waals surface area (Å²) in [5.74, 6) is 0.0289. The molecule has 0 saturated carbocycles. The molecule has 1 aromatic carbocycles. The highest BCUT2D eigenvalue weighted by Crippen LogP contribution is 2.10. The summed E-state index contributed by atoms with van der Waals surface area (Å²) in [4.78, 5) is 12.0. The molecule has 0 aliphatic heterocycles. The highest BCUT2D eigenvalue weighted by atomic mass is 16.2. The molecule has 15 heavy (non-hydrogen) atoms. The molecule has 0 N–H and O–H groups in total. The largest absolute Gasteiger partial charge is 0.288 e. The molecular weight excluding hydrogens is 186 g/mol. The minimum absolute atomic E-state index is 0.0289. The Morgan fingerprint density at radius 3 is 2.33 bits per heavy atom. The van der Waals surface area contributed by atoms with E-state index in [-0.39, 0.29) is 5.91 Å². The predicted octanol–water partition coefficient (Wildman–Crippen LogP) is 2.79. The fraction of sp³-hybridized carbons (Fsp3) is 0.154. The van der Waals surface area contributed by atoms with Crippen LogP contribution in [0.25, 0.3) is 0 Å². The third-order valence-corrected chi connectivity index (χ3v) is 2.39. The van der Waals surface area contributed by atoms with Gasteiger partial charge in [-0.2, -0.15) is 0 Å². The van der Waals surface area contributed by atoms with Crippen LogP contribution in [0.3, 0.4) is 0 Å². The SMILES string of the molecule is Cc1cc(C)n(C(=O)c2ccccc2)c1. The maximum absolute atomic E-state index is 12.0. The van der Waals surface area contributed by atoms with Crippen molar-refractivity contribution in [2.45, 2.75) is 13.8 Å². The number of hydrogen-bond acceptors (Lipinski definition) is 1. The van der Waals surface area contributed by atoms with Crippen molar-refractivity contribution in [3.05, 3.63) is 59.4 Å². The van der Waals surface area contributed by atoms with Gasteiger partial charge in [-0.25, -0.2) is 0 Å². The van der Waals surface area contributed by atoms with Crippen molar-refractivity contribution in [1.29, 1.82) is 0 Å². The lowest BCUT2D eigenvalue weighted by molar-refractivity contribution is 0.0958. The van der Waals surface area contributed by atoms with E-state index in [1.165, 1.54) is 0 Å². The Bertz CT molecular complexity index is 482. The van der Waals surface area contributed by atoms with Gasteiger partial charge >= 0.3 is 0 Å². The lowest BCUT2D eigenvalue weighted by atomic mass is 10.2. The fourth-order valence-corrected chi connectivity index (χ4v) is 1.68. The molecule has 0 aliphatic rings. The first-order valence-electron chi connectivity index (χ1n) is 4.94. The molecule has 2 rings (SSSR count). The monoisotopic (exact) mass is 199 g/mol. The van der Waals surface area contributed by atoms with E-state index in [0.29, 0.717) is 0 Å². The number of rotatable bonds is 1. The molecule has 2 heteroatoms. The molecule has 0 saturated heterocycles. The smallest absolute Gasteiger partial charge is 0.262 e. The van der Waals surface area contributed by atoms with Gasteiger partial charge in [-0.15, -0.1) is 0 Å². The number of hydrogen-bond donors (Lipinski definition) is 0. The second kappa shape index (κ2) is 3.73. The molecule has 2 nitrogen and oxygen atoms in total. The lowest BCUT2D eigenvalue weighted by Crippen LogP contribution is -2.11. The highest BCUT2D eigenvalue weighted by Gasteiger charge is 2.09. The summed E-state index contributed by atoms with van der Waals surface area (Å²) >= 11 is 0. The zero-order valence-electron chi connectivity index (χ0n) is 8.90. The Labute approximate surface area is 89.2 Å². The van der Waals surface area contributed by atoms with E-state index in [9.17, 15) is 4.79 Å². The van der Waals surface area contributed by atoms with Crippen LogP contribution in [0.15, 0.2) is 42.6 Å². The summed E-state index contributed by atoms with van der Waals surface area (Å²) in [7, 11) is 0. The minimum Gasteiger partial charge on any atom is -0.288 e. The molecule has 0 unspecified atom stereocenters. The average molecular weight is 199 g/mol. The van der Waals surface area contributed by atoms with Crippen molar-refractivity contribution in [1.82, 2.24) is 4.57 Å². The van der Waals surface area contributed by atoms with Gasteiger partial charge in [-0.05, 0) is 37.6 Å². The predicted molar refractivity (Wildman–Crippen MR) is 60.1 cm³/mol. The molecule has 0 fully saturated rings. The molecule has 0 spiro atoms. The molecule has 1 heterocycles. The van der Waals surface area contributed by atoms with Gasteiger partial charge in [-0.1, -0.05) is 18.2 Å². The normalized spacial score (nSPS) is 10.3. The molecule has 2 aromatic rings. The number of carbonyl (C=O) groups is 1. The Balaban J connectivity index is 2.41. The van der Waals surface area contributed by atoms with Gasteiger partial charge < -0.3 is 0 Å². The Hall–Kier alpha value is -1.83. The third-order valence-electron chi connectivity index (χ3n) is 2.39. The summed E-state index contributed by atoms with van der Waals surface area (Å²) < 4.78 is 1.69. The van der Waals surface area contributed by atoms with E-state index >= 15 is 0 Å². The summed E-state index contributed by atoms with van der Waals surface area (Å²) in [6.45, 7) is 3.93. The summed E-state index contributed by atoms with van der Waals surface area (Å²) in [6, 6.07) is 11.3. The van der Waals surface area contributed by atoms with Crippen LogP contribution in [-0.2, 0) is 0 Å². The van der Waals surface area contributed by atoms with Crippen molar-refractivity contribution < 1.29 is 4.79 Å². The van der Waals surface area contributed by atoms with Crippen molar-refractivity contribution in [3.8, 4) is 0 Å². The first kappa shape index (κ1) is 9.71. The molecular formula is C13H13NO. The first-order valence-corrected chi connectivity index (χ1v) is 4.94. The fourth-order valence-electron chi connectivity index (χ4n) is 1.68. The minimum atomic E-state index is 0.0289. The van der Waals surface area contributed by atoms with Gasteiger partial charge in [0.25, 0.3) is 5.91 Å². The number of nitrogens with zero attached hydrogens (tertiary/aromatic N) is 1. The van der Waals surface area contributed by atoms with Crippen LogP contribution in [-0.4, -0.2) is 10.5 Å². The van der Waals surface area contributed by atoms with Gasteiger partial charge in [0.1, 0.15) is 0 Å². The van der Waals surface area contributed by atoms with Crippen molar-refractivity contribution >= 4 is 5.91 Å². The highest BCUT2D eigenvalue weighted by molar-refractivity contribution is 5.96. The Morgan fingerprint density at radius 1 is 1.13 bits per heavy atom. The molecule has 76 valence electrons. The first-order chi connectivity index (χ1) is 7.18. The molecule has 0 radical (unpaired) electrons. The lowest BCUT2D eigenvalue weighted by Gasteiger charge is -2.03. The molecule has 0 atom stereocenters. The third kappa shape index (κ3) is 1.84. The summed E-state index contributed by atoms with van der Waals surface area (Å²) in [5.41, 5.74) is 2.80. The van der Waals surface area contributed by atoms with Crippen molar-refractivity contribution in [2.24, 2.45) is 0 Å². The van der Waals surface area contributed by atoms with Crippen LogP contribution in [0.5, 0.6) is 0 Å². The summed E-state index contributed by atoms with van der Waals surface area (Å²) in [5, 5.41) is 0. The number of carbonyl (C=O) groups excluding carboxylic acids is 1. The van der Waals surface area contributed by atoms with E-state index < -0.39 is 0 Å². The van der Waals surface area contributed by atoms with Crippen LogP contribution >= 0.6 is 0 Å². The Kier molecular flexibility index (Phi) is 2.42. The molecule has 0 aliphatic carbocycles. The number of aryl methyl sites for hydroxylation is 2. The second-order valence-corrected chi connectivity index (χ2v) is 3.70. The van der Waals surface area contributed by atoms with Crippen molar-refractivity contribution in [3.63, 3.8) is 0 Å². The second-order valence-electron chi connectivity index (χ2n) is 3.70. The van der Waals surface area contributed by atoms with Crippen LogP contribution in [0.4, 0.5) is 0 Å². The van der Waals surface area contributed by atoms with Crippen LogP contribution < -0.4 is 0 Å². The standard InChI is InChI=1S/C13H13NO/c1-10-8-11(2)14(9-10)13(15)12-6-4-3-5-7-12/h3-9H,1-2H3. The van der Waals surface area contributed by atoms with E-state index in [1.54, 1.807) is 4.57 Å². The Morgan fingerprint density at radius 2 is 1.80 bits per heavy atom. The van der Waals surface area contributed by atoms with Crippen LogP contribution in [0.2, 0.25) is 0 Å². The maximum atomic E-state index is 12.0. The van der Waals surface area contributed by atoms with Gasteiger partial charge in [0, 0.05) is 17.5 Å². The number of aromatic nitrogens is 1. The van der Waals surface area contributed by atoms with Crippen molar-refractivity contribution in [2.75, 3.05) is 0 Å². The van der Waals surface area contributed by atoms with Gasteiger partial charge in [-0.3, -0.25) is 9.36 Å². The summed E-state index contributed by atoms with van der Waals surface area (Å²) in [6.07, 6.45) is 1.87. The van der Waals surface area contributed by atoms with Gasteiger partial charge in [0.05, 0.1) is 0 Å². The maximum Gasteiger partial charge on any atom is 0.262 e. The average Bonchev–Trinajstić information content (AvgIpc) is 2.58. The van der Waals surface area contributed by atoms with Crippen LogP contribution in [0.1, 0.15) is 21.6 Å². The van der Waals surface area contributed by atoms with E-state index in [2.05, 4.69) is 0 Å². The molecule has 1 aromatic heterocycles. The van der Waals surface area contributed by atoms with E-state index in [1.807, 2.05) is 56.4 Å². The van der Waals surface area contributed by atoms with E-state index in [0.717, 1.165) is 16.8 Å². The number of benzene rings is 1. The van der Waals surface area contributed by atoms with Gasteiger partial charge in [0.15, 0.2) is 0 Å². The zero-order chi connectivity index (χ0) is 10.8. The zero-order valence-corrected chi connectivity index (χ0v) is 8.90. The quantitative estimate of drug-likeness (QED) is 0.692.